The van der Waals surface area contributed by atoms with Crippen molar-refractivity contribution in [1.82, 2.24) is 5.32 Å². The Kier molecular flexibility index (Phi) is 6.53. The molecule has 1 aromatic rings. The van der Waals surface area contributed by atoms with Crippen molar-refractivity contribution < 1.29 is 0 Å². The summed E-state index contributed by atoms with van der Waals surface area (Å²) in [6, 6.07) is 4.71. The van der Waals surface area contributed by atoms with Crippen molar-refractivity contribution in [2.24, 2.45) is 11.8 Å². The van der Waals surface area contributed by atoms with Gasteiger partial charge in [-0.1, -0.05) is 39.3 Å². The van der Waals surface area contributed by atoms with Crippen LogP contribution in [-0.2, 0) is 6.42 Å². The van der Waals surface area contributed by atoms with Gasteiger partial charge in [0.2, 0.25) is 0 Å². The molecule has 0 saturated heterocycles. The molecule has 1 aromatic heterocycles. The molecule has 2 atom stereocenters. The lowest BCUT2D eigenvalue weighted by Crippen LogP contribution is -2.39. The predicted octanol–water partition coefficient (Wildman–Crippen LogP) is 4.60. The minimum Gasteiger partial charge on any atom is -0.313 e. The molecule has 0 amide bonds. The van der Waals surface area contributed by atoms with Crippen LogP contribution in [0.3, 0.4) is 0 Å². The van der Waals surface area contributed by atoms with Gasteiger partial charge < -0.3 is 5.32 Å². The summed E-state index contributed by atoms with van der Waals surface area (Å²) >= 11 is 7.69. The topological polar surface area (TPSA) is 12.0 Å². The van der Waals surface area contributed by atoms with Crippen molar-refractivity contribution in [3.63, 3.8) is 0 Å². The summed E-state index contributed by atoms with van der Waals surface area (Å²) in [5.41, 5.74) is 0. The Hall–Kier alpha value is -0.0500. The van der Waals surface area contributed by atoms with Crippen LogP contribution >= 0.6 is 22.9 Å². The highest BCUT2D eigenvalue weighted by Gasteiger charge is 2.20. The van der Waals surface area contributed by atoms with E-state index in [1.54, 1.807) is 11.3 Å². The fraction of sp³-hybridized carbons (Fsp3) is 0.714. The lowest BCUT2D eigenvalue weighted by molar-refractivity contribution is 0.298. The van der Waals surface area contributed by atoms with Crippen LogP contribution in [0.5, 0.6) is 0 Å². The standard InChI is InChI=1S/C14H24ClNS/c1-5-8-16-13(11(4)10(2)3)9-12-6-7-14(15)17-12/h6-7,10-11,13,16H,5,8-9H2,1-4H3. The van der Waals surface area contributed by atoms with Gasteiger partial charge in [-0.05, 0) is 43.4 Å². The van der Waals surface area contributed by atoms with Crippen LogP contribution in [0.15, 0.2) is 12.1 Å². The first-order chi connectivity index (χ1) is 8.04. The van der Waals surface area contributed by atoms with E-state index in [1.807, 2.05) is 6.07 Å². The van der Waals surface area contributed by atoms with Crippen LogP contribution in [0.2, 0.25) is 4.34 Å². The first kappa shape index (κ1) is 15.0. The summed E-state index contributed by atoms with van der Waals surface area (Å²) in [6.45, 7) is 10.2. The van der Waals surface area contributed by atoms with Crippen LogP contribution in [0.1, 0.15) is 39.0 Å². The zero-order valence-corrected chi connectivity index (χ0v) is 12.9. The highest BCUT2D eigenvalue weighted by atomic mass is 35.5. The number of nitrogens with one attached hydrogen (secondary N) is 1. The largest absolute Gasteiger partial charge is 0.313 e. The number of thiophene rings is 1. The van der Waals surface area contributed by atoms with E-state index in [1.165, 1.54) is 11.3 Å². The molecule has 0 aliphatic rings. The molecule has 3 heteroatoms. The molecule has 0 saturated carbocycles. The van der Waals surface area contributed by atoms with Gasteiger partial charge in [0.05, 0.1) is 4.34 Å². The second-order valence-electron chi connectivity index (χ2n) is 5.07. The van der Waals surface area contributed by atoms with Gasteiger partial charge in [-0.25, -0.2) is 0 Å². The lowest BCUT2D eigenvalue weighted by Gasteiger charge is -2.27. The van der Waals surface area contributed by atoms with Gasteiger partial charge in [-0.15, -0.1) is 11.3 Å². The highest BCUT2D eigenvalue weighted by Crippen LogP contribution is 2.25. The van der Waals surface area contributed by atoms with E-state index in [4.69, 9.17) is 11.6 Å². The summed E-state index contributed by atoms with van der Waals surface area (Å²) in [5, 5.41) is 3.67. The Bertz CT molecular complexity index is 322. The molecule has 1 heterocycles. The maximum Gasteiger partial charge on any atom is 0.0931 e. The average molecular weight is 274 g/mol. The van der Waals surface area contributed by atoms with E-state index in [2.05, 4.69) is 39.1 Å². The minimum atomic E-state index is 0.560. The molecule has 1 nitrogen and oxygen atoms in total. The van der Waals surface area contributed by atoms with Crippen LogP contribution in [0.25, 0.3) is 0 Å². The third-order valence-corrected chi connectivity index (χ3v) is 4.65. The van der Waals surface area contributed by atoms with Crippen LogP contribution in [0.4, 0.5) is 0 Å². The van der Waals surface area contributed by atoms with E-state index in [9.17, 15) is 0 Å². The molecule has 0 aromatic carbocycles. The zero-order valence-electron chi connectivity index (χ0n) is 11.3. The monoisotopic (exact) mass is 273 g/mol. The fourth-order valence-corrected chi connectivity index (χ4v) is 3.06. The first-order valence-electron chi connectivity index (χ1n) is 6.52. The molecule has 1 N–H and O–H groups in total. The van der Waals surface area contributed by atoms with Crippen molar-refractivity contribution in [3.05, 3.63) is 21.3 Å². The van der Waals surface area contributed by atoms with Crippen molar-refractivity contribution in [2.45, 2.75) is 46.6 Å². The third kappa shape index (κ3) is 4.99. The average Bonchev–Trinajstić information content (AvgIpc) is 2.69. The highest BCUT2D eigenvalue weighted by molar-refractivity contribution is 7.16. The third-order valence-electron chi connectivity index (χ3n) is 3.39. The van der Waals surface area contributed by atoms with E-state index in [0.29, 0.717) is 17.9 Å². The fourth-order valence-electron chi connectivity index (χ4n) is 1.92. The summed E-state index contributed by atoms with van der Waals surface area (Å²) in [5.74, 6) is 1.39. The summed E-state index contributed by atoms with van der Waals surface area (Å²) < 4.78 is 0.895. The molecule has 0 fully saturated rings. The summed E-state index contributed by atoms with van der Waals surface area (Å²) in [7, 11) is 0. The van der Waals surface area contributed by atoms with E-state index < -0.39 is 0 Å². The Labute approximate surface area is 115 Å². The van der Waals surface area contributed by atoms with Gasteiger partial charge in [-0.2, -0.15) is 0 Å². The number of hydrogen-bond acceptors (Lipinski definition) is 2. The van der Waals surface area contributed by atoms with Crippen LogP contribution < -0.4 is 5.32 Å². The second-order valence-corrected chi connectivity index (χ2v) is 6.87. The predicted molar refractivity (Wildman–Crippen MR) is 79.1 cm³/mol. The van der Waals surface area contributed by atoms with Gasteiger partial charge >= 0.3 is 0 Å². The molecule has 0 aliphatic carbocycles. The SMILES string of the molecule is CCCNC(Cc1ccc(Cl)s1)C(C)C(C)C. The van der Waals surface area contributed by atoms with Gasteiger partial charge in [0.1, 0.15) is 0 Å². The Morgan fingerprint density at radius 3 is 2.47 bits per heavy atom. The van der Waals surface area contributed by atoms with Crippen molar-refractivity contribution in [2.75, 3.05) is 6.54 Å². The second kappa shape index (κ2) is 7.40. The maximum atomic E-state index is 5.99. The number of rotatable bonds is 7. The molecule has 1 rings (SSSR count). The quantitative estimate of drug-likeness (QED) is 0.765. The normalized spacial score (nSPS) is 15.2. The van der Waals surface area contributed by atoms with E-state index in [-0.39, 0.29) is 0 Å². The zero-order chi connectivity index (χ0) is 12.8. The van der Waals surface area contributed by atoms with Crippen LogP contribution in [0, 0.1) is 11.8 Å². The molecule has 0 bridgehead atoms. The summed E-state index contributed by atoms with van der Waals surface area (Å²) in [6.07, 6.45) is 2.28. The number of hydrogen-bond donors (Lipinski definition) is 1. The first-order valence-corrected chi connectivity index (χ1v) is 7.71. The Balaban J connectivity index is 2.62. The Morgan fingerprint density at radius 1 is 1.29 bits per heavy atom. The molecule has 0 aliphatic heterocycles. The van der Waals surface area contributed by atoms with Gasteiger partial charge in [0.25, 0.3) is 0 Å². The molecule has 17 heavy (non-hydrogen) atoms. The van der Waals surface area contributed by atoms with Gasteiger partial charge in [0, 0.05) is 10.9 Å². The molecule has 0 radical (unpaired) electrons. The minimum absolute atomic E-state index is 0.560. The van der Waals surface area contributed by atoms with E-state index >= 15 is 0 Å². The molecular weight excluding hydrogens is 250 g/mol. The molecule has 98 valence electrons. The van der Waals surface area contributed by atoms with Crippen molar-refractivity contribution >= 4 is 22.9 Å². The smallest absolute Gasteiger partial charge is 0.0931 e. The number of halogens is 1. The lowest BCUT2D eigenvalue weighted by atomic mass is 9.88. The summed E-state index contributed by atoms with van der Waals surface area (Å²) in [4.78, 5) is 1.39. The Morgan fingerprint density at radius 2 is 2.00 bits per heavy atom. The van der Waals surface area contributed by atoms with E-state index in [0.717, 1.165) is 17.3 Å². The van der Waals surface area contributed by atoms with Gasteiger partial charge in [0.15, 0.2) is 0 Å². The van der Waals surface area contributed by atoms with Crippen molar-refractivity contribution in [3.8, 4) is 0 Å². The molecule has 0 spiro atoms. The van der Waals surface area contributed by atoms with Crippen molar-refractivity contribution in [1.29, 1.82) is 0 Å². The molecular formula is C14H24ClNS. The van der Waals surface area contributed by atoms with Gasteiger partial charge in [-0.3, -0.25) is 0 Å². The maximum absolute atomic E-state index is 5.99. The van der Waals surface area contributed by atoms with Crippen LogP contribution in [-0.4, -0.2) is 12.6 Å². The molecule has 2 unspecified atom stereocenters.